The van der Waals surface area contributed by atoms with E-state index in [-0.39, 0.29) is 11.9 Å². The molecule has 3 nitrogen and oxygen atoms in total. The quantitative estimate of drug-likeness (QED) is 0.671. The molecule has 1 heterocycles. The molecule has 2 aliphatic rings. The Morgan fingerprint density at radius 2 is 2.27 bits per heavy atom. The lowest BCUT2D eigenvalue weighted by molar-refractivity contribution is -0.161. The fraction of sp³-hybridized carbons (Fsp3) is 0.750. The second kappa shape index (κ2) is 3.63. The lowest BCUT2D eigenvalue weighted by Crippen LogP contribution is -2.50. The summed E-state index contributed by atoms with van der Waals surface area (Å²) in [6.45, 7) is 3.90. The Balaban J connectivity index is 2.21. The first kappa shape index (κ1) is 10.7. The Morgan fingerprint density at radius 3 is 2.80 bits per heavy atom. The predicted octanol–water partition coefficient (Wildman–Crippen LogP) is 1.80. The van der Waals surface area contributed by atoms with Gasteiger partial charge in [0.2, 0.25) is 0 Å². The summed E-state index contributed by atoms with van der Waals surface area (Å²) in [4.78, 5) is 11.1. The Morgan fingerprint density at radius 1 is 1.53 bits per heavy atom. The third kappa shape index (κ3) is 1.69. The van der Waals surface area contributed by atoms with Crippen molar-refractivity contribution in [3.63, 3.8) is 0 Å². The number of ether oxygens (including phenoxy) is 1. The summed E-state index contributed by atoms with van der Waals surface area (Å²) in [5.41, 5.74) is 0.0154. The van der Waals surface area contributed by atoms with Crippen LogP contribution >= 0.6 is 0 Å². The van der Waals surface area contributed by atoms with Crippen LogP contribution in [0.3, 0.4) is 0 Å². The van der Waals surface area contributed by atoms with Crippen molar-refractivity contribution in [2.75, 3.05) is 0 Å². The van der Waals surface area contributed by atoms with E-state index in [0.717, 1.165) is 31.3 Å². The van der Waals surface area contributed by atoms with Gasteiger partial charge in [0.05, 0.1) is 0 Å². The molecule has 3 atom stereocenters. The Kier molecular flexibility index (Phi) is 2.59. The maximum atomic E-state index is 11.1. The van der Waals surface area contributed by atoms with Gasteiger partial charge in [-0.05, 0) is 31.3 Å². The first-order valence-electron chi connectivity index (χ1n) is 5.65. The number of hydrogen-bond donors (Lipinski definition) is 1. The molecule has 1 N–H and O–H groups in total. The Bertz CT molecular complexity index is 308. The van der Waals surface area contributed by atoms with E-state index in [1.165, 1.54) is 6.08 Å². The molecule has 0 amide bonds. The molecule has 0 aromatic heterocycles. The molecule has 1 fully saturated rings. The standard InChI is InChI=1S/C12H18O3/c1-8-7-10(13)15-11(8)12(14)6-4-3-5-9(12)2/h7,9,11,14H,3-6H2,1-2H3/t9-,11+,12+/m0/s1. The van der Waals surface area contributed by atoms with E-state index in [1.807, 2.05) is 13.8 Å². The van der Waals surface area contributed by atoms with Crippen LogP contribution in [0, 0.1) is 5.92 Å². The second-order valence-corrected chi connectivity index (χ2v) is 4.84. The van der Waals surface area contributed by atoms with Crippen LogP contribution in [0.5, 0.6) is 0 Å². The van der Waals surface area contributed by atoms with Crippen LogP contribution in [0.25, 0.3) is 0 Å². The number of carbonyl (C=O) groups is 1. The molecule has 1 aliphatic carbocycles. The minimum absolute atomic E-state index is 0.200. The molecule has 2 rings (SSSR count). The summed E-state index contributed by atoms with van der Waals surface area (Å²) >= 11 is 0. The number of hydrogen-bond acceptors (Lipinski definition) is 3. The SMILES string of the molecule is CC1=CC(=O)O[C@H]1[C@@]1(O)CCCC[C@@H]1C. The molecule has 0 unspecified atom stereocenters. The van der Waals surface area contributed by atoms with E-state index in [9.17, 15) is 9.90 Å². The number of esters is 1. The van der Waals surface area contributed by atoms with Crippen molar-refractivity contribution in [2.24, 2.45) is 5.92 Å². The van der Waals surface area contributed by atoms with Crippen molar-refractivity contribution in [2.45, 2.75) is 51.2 Å². The average Bonchev–Trinajstić information content (AvgIpc) is 2.51. The van der Waals surface area contributed by atoms with Crippen LogP contribution in [0.1, 0.15) is 39.5 Å². The topological polar surface area (TPSA) is 46.5 Å². The van der Waals surface area contributed by atoms with E-state index < -0.39 is 11.7 Å². The zero-order valence-corrected chi connectivity index (χ0v) is 9.32. The molecule has 0 bridgehead atoms. The van der Waals surface area contributed by atoms with Gasteiger partial charge in [0.1, 0.15) is 5.60 Å². The number of rotatable bonds is 1. The summed E-state index contributed by atoms with van der Waals surface area (Å²) in [7, 11) is 0. The van der Waals surface area contributed by atoms with Gasteiger partial charge >= 0.3 is 5.97 Å². The minimum Gasteiger partial charge on any atom is -0.452 e. The lowest BCUT2D eigenvalue weighted by Gasteiger charge is -2.42. The highest BCUT2D eigenvalue weighted by Crippen LogP contribution is 2.41. The number of aliphatic hydroxyl groups is 1. The fourth-order valence-corrected chi connectivity index (χ4v) is 2.75. The molecular formula is C12H18O3. The van der Waals surface area contributed by atoms with Gasteiger partial charge in [0.25, 0.3) is 0 Å². The highest BCUT2D eigenvalue weighted by molar-refractivity contribution is 5.86. The van der Waals surface area contributed by atoms with Crippen LogP contribution in [-0.2, 0) is 9.53 Å². The fourth-order valence-electron chi connectivity index (χ4n) is 2.75. The van der Waals surface area contributed by atoms with E-state index in [4.69, 9.17) is 4.74 Å². The predicted molar refractivity (Wildman–Crippen MR) is 56.2 cm³/mol. The molecule has 0 saturated heterocycles. The van der Waals surface area contributed by atoms with Gasteiger partial charge in [-0.1, -0.05) is 19.8 Å². The molecule has 0 spiro atoms. The third-order valence-corrected chi connectivity index (χ3v) is 3.76. The molecule has 0 radical (unpaired) electrons. The Hall–Kier alpha value is -0.830. The van der Waals surface area contributed by atoms with Crippen LogP contribution in [0.2, 0.25) is 0 Å². The lowest BCUT2D eigenvalue weighted by atomic mass is 9.72. The van der Waals surface area contributed by atoms with E-state index in [2.05, 4.69) is 0 Å². The summed E-state index contributed by atoms with van der Waals surface area (Å²) in [5, 5.41) is 10.6. The second-order valence-electron chi connectivity index (χ2n) is 4.84. The zero-order valence-electron chi connectivity index (χ0n) is 9.32. The van der Waals surface area contributed by atoms with Crippen LogP contribution < -0.4 is 0 Å². The van der Waals surface area contributed by atoms with E-state index in [0.29, 0.717) is 0 Å². The van der Waals surface area contributed by atoms with Crippen molar-refractivity contribution in [1.82, 2.24) is 0 Å². The van der Waals surface area contributed by atoms with E-state index in [1.54, 1.807) is 0 Å². The highest BCUT2D eigenvalue weighted by Gasteiger charge is 2.47. The van der Waals surface area contributed by atoms with Crippen molar-refractivity contribution in [3.8, 4) is 0 Å². The molecular weight excluding hydrogens is 192 g/mol. The summed E-state index contributed by atoms with van der Waals surface area (Å²) in [6, 6.07) is 0. The molecule has 3 heteroatoms. The smallest absolute Gasteiger partial charge is 0.331 e. The Labute approximate surface area is 90.1 Å². The molecule has 1 saturated carbocycles. The van der Waals surface area contributed by atoms with Crippen LogP contribution in [0.15, 0.2) is 11.6 Å². The van der Waals surface area contributed by atoms with Gasteiger partial charge < -0.3 is 9.84 Å². The maximum Gasteiger partial charge on any atom is 0.331 e. The molecule has 15 heavy (non-hydrogen) atoms. The zero-order chi connectivity index (χ0) is 11.1. The number of cyclic esters (lactones) is 1. The van der Waals surface area contributed by atoms with Gasteiger partial charge in [-0.15, -0.1) is 0 Å². The highest BCUT2D eigenvalue weighted by atomic mass is 16.6. The van der Waals surface area contributed by atoms with Gasteiger partial charge in [-0.3, -0.25) is 0 Å². The summed E-state index contributed by atoms with van der Waals surface area (Å²) in [5.74, 6) is -0.116. The van der Waals surface area contributed by atoms with Crippen LogP contribution in [0.4, 0.5) is 0 Å². The maximum absolute atomic E-state index is 11.1. The monoisotopic (exact) mass is 210 g/mol. The van der Waals surface area contributed by atoms with Gasteiger partial charge in [0.15, 0.2) is 6.10 Å². The minimum atomic E-state index is -0.842. The normalized spacial score (nSPS) is 41.3. The summed E-state index contributed by atoms with van der Waals surface area (Å²) in [6.07, 6.45) is 4.99. The van der Waals surface area contributed by atoms with Crippen molar-refractivity contribution >= 4 is 5.97 Å². The van der Waals surface area contributed by atoms with Crippen molar-refractivity contribution < 1.29 is 14.6 Å². The van der Waals surface area contributed by atoms with Crippen LogP contribution in [-0.4, -0.2) is 22.8 Å². The van der Waals surface area contributed by atoms with E-state index >= 15 is 0 Å². The molecule has 0 aromatic rings. The third-order valence-electron chi connectivity index (χ3n) is 3.76. The molecule has 84 valence electrons. The van der Waals surface area contributed by atoms with Gasteiger partial charge in [-0.2, -0.15) is 0 Å². The van der Waals surface area contributed by atoms with Crippen molar-refractivity contribution in [1.29, 1.82) is 0 Å². The summed E-state index contributed by atoms with van der Waals surface area (Å²) < 4.78 is 5.20. The number of carbonyl (C=O) groups excluding carboxylic acids is 1. The first-order chi connectivity index (χ1) is 7.04. The largest absolute Gasteiger partial charge is 0.452 e. The van der Waals surface area contributed by atoms with Gasteiger partial charge in [0, 0.05) is 6.08 Å². The van der Waals surface area contributed by atoms with Gasteiger partial charge in [-0.25, -0.2) is 4.79 Å². The molecule has 0 aromatic carbocycles. The first-order valence-corrected chi connectivity index (χ1v) is 5.65. The van der Waals surface area contributed by atoms with Crippen molar-refractivity contribution in [3.05, 3.63) is 11.6 Å². The average molecular weight is 210 g/mol. The molecule has 1 aliphatic heterocycles.